The van der Waals surface area contributed by atoms with Gasteiger partial charge < -0.3 is 4.98 Å². The second kappa shape index (κ2) is 4.73. The predicted molar refractivity (Wildman–Crippen MR) is 72.3 cm³/mol. The summed E-state index contributed by atoms with van der Waals surface area (Å²) in [5, 5.41) is 1.17. The number of aromatic nitrogens is 1. The Morgan fingerprint density at radius 2 is 1.65 bits per heavy atom. The number of hydrogen-bond donors (Lipinski definition) is 1. The number of hydrogen-bond acceptors (Lipinski definition) is 1. The summed E-state index contributed by atoms with van der Waals surface area (Å²) in [6, 6.07) is 4.92. The van der Waals surface area contributed by atoms with Crippen LogP contribution in [0.3, 0.4) is 0 Å². The van der Waals surface area contributed by atoms with Gasteiger partial charge >= 0.3 is 0 Å². The summed E-state index contributed by atoms with van der Waals surface area (Å²) in [5.74, 6) is 0. The molecule has 0 spiro atoms. The van der Waals surface area contributed by atoms with Crippen molar-refractivity contribution in [3.63, 3.8) is 0 Å². The Balaban J connectivity index is 2.82. The van der Waals surface area contributed by atoms with Crippen LogP contribution in [-0.2, 0) is 0 Å². The Morgan fingerprint density at radius 3 is 2.18 bits per heavy atom. The van der Waals surface area contributed by atoms with E-state index >= 15 is 0 Å². The zero-order valence-corrected chi connectivity index (χ0v) is 11.1. The summed E-state index contributed by atoms with van der Waals surface area (Å²) in [6.45, 7) is 1.83. The van der Waals surface area contributed by atoms with Gasteiger partial charge in [0.1, 0.15) is 0 Å². The minimum atomic E-state index is -0.226. The summed E-state index contributed by atoms with van der Waals surface area (Å²) < 4.78 is 0. The fourth-order valence-electron chi connectivity index (χ4n) is 1.67. The number of nitrogens with one attached hydrogen (secondary N) is 1. The lowest BCUT2D eigenvalue weighted by Crippen LogP contribution is -2.10. The number of rotatable bonds is 1. The monoisotopic (exact) mass is 287 g/mol. The van der Waals surface area contributed by atoms with Gasteiger partial charge in [0.05, 0.1) is 15.6 Å². The molecule has 0 amide bonds. The molecule has 0 saturated carbocycles. The molecule has 0 bridgehead atoms. The molecule has 0 radical (unpaired) electrons. The molecule has 0 aliphatic rings. The van der Waals surface area contributed by atoms with Gasteiger partial charge in [-0.05, 0) is 30.7 Å². The van der Waals surface area contributed by atoms with E-state index in [1.165, 1.54) is 0 Å². The normalized spacial score (nSPS) is 10.6. The molecule has 1 N–H and O–H groups in total. The highest BCUT2D eigenvalue weighted by molar-refractivity contribution is 6.41. The lowest BCUT2D eigenvalue weighted by atomic mass is 10.0. The standard InChI is InChI=1S/C12H8Cl3NO/c1-6-2-3-16-12(17)10(6)11-8(14)4-7(13)5-9(11)15/h2-5H,1H3,(H,16,17). The number of aryl methyl sites for hydroxylation is 1. The Bertz CT molecular complexity index is 611. The third-order valence-corrected chi connectivity index (χ3v) is 3.24. The number of aromatic amines is 1. The van der Waals surface area contributed by atoms with E-state index in [1.54, 1.807) is 24.4 Å². The van der Waals surface area contributed by atoms with Gasteiger partial charge in [-0.1, -0.05) is 34.8 Å². The van der Waals surface area contributed by atoms with Gasteiger partial charge in [0, 0.05) is 16.8 Å². The second-order valence-electron chi connectivity index (χ2n) is 3.61. The van der Waals surface area contributed by atoms with Crippen molar-refractivity contribution in [3.8, 4) is 11.1 Å². The summed E-state index contributed by atoms with van der Waals surface area (Å²) in [4.78, 5) is 14.4. The highest BCUT2D eigenvalue weighted by Crippen LogP contribution is 2.36. The van der Waals surface area contributed by atoms with Crippen LogP contribution in [0.2, 0.25) is 15.1 Å². The van der Waals surface area contributed by atoms with Crippen molar-refractivity contribution in [3.05, 3.63) is 55.4 Å². The first-order valence-electron chi connectivity index (χ1n) is 4.84. The second-order valence-corrected chi connectivity index (χ2v) is 4.86. The average Bonchev–Trinajstić information content (AvgIpc) is 2.21. The molecule has 17 heavy (non-hydrogen) atoms. The molecule has 2 nitrogen and oxygen atoms in total. The van der Waals surface area contributed by atoms with Crippen molar-refractivity contribution in [1.82, 2.24) is 4.98 Å². The Labute approximate surface area is 113 Å². The van der Waals surface area contributed by atoms with Crippen molar-refractivity contribution in [2.75, 3.05) is 0 Å². The van der Waals surface area contributed by atoms with Crippen LogP contribution in [0.25, 0.3) is 11.1 Å². The quantitative estimate of drug-likeness (QED) is 0.833. The third-order valence-electron chi connectivity index (χ3n) is 2.43. The van der Waals surface area contributed by atoms with Gasteiger partial charge in [-0.2, -0.15) is 0 Å². The van der Waals surface area contributed by atoms with E-state index < -0.39 is 0 Å². The minimum Gasteiger partial charge on any atom is -0.329 e. The maximum atomic E-state index is 11.8. The number of pyridine rings is 1. The maximum Gasteiger partial charge on any atom is 0.256 e. The van der Waals surface area contributed by atoms with E-state index in [0.717, 1.165) is 5.56 Å². The van der Waals surface area contributed by atoms with E-state index in [1.807, 2.05) is 6.92 Å². The molecule has 1 aromatic carbocycles. The van der Waals surface area contributed by atoms with E-state index in [0.29, 0.717) is 26.2 Å². The van der Waals surface area contributed by atoms with Gasteiger partial charge in [-0.15, -0.1) is 0 Å². The Morgan fingerprint density at radius 1 is 1.06 bits per heavy atom. The minimum absolute atomic E-state index is 0.226. The zero-order chi connectivity index (χ0) is 12.6. The first-order chi connectivity index (χ1) is 8.00. The van der Waals surface area contributed by atoms with Gasteiger partial charge in [0.2, 0.25) is 0 Å². The topological polar surface area (TPSA) is 32.9 Å². The van der Waals surface area contributed by atoms with Gasteiger partial charge in [0.25, 0.3) is 5.56 Å². The van der Waals surface area contributed by atoms with Crippen molar-refractivity contribution in [1.29, 1.82) is 0 Å². The molecule has 1 aromatic heterocycles. The molecule has 88 valence electrons. The molecule has 0 saturated heterocycles. The van der Waals surface area contributed by atoms with E-state index in [9.17, 15) is 4.79 Å². The zero-order valence-electron chi connectivity index (χ0n) is 8.85. The van der Waals surface area contributed by atoms with Crippen molar-refractivity contribution < 1.29 is 0 Å². The van der Waals surface area contributed by atoms with Gasteiger partial charge in [0.15, 0.2) is 0 Å². The van der Waals surface area contributed by atoms with Crippen LogP contribution >= 0.6 is 34.8 Å². The molecule has 2 aromatic rings. The molecular formula is C12H8Cl3NO. The first-order valence-corrected chi connectivity index (χ1v) is 5.97. The lowest BCUT2D eigenvalue weighted by molar-refractivity contribution is 1.21. The summed E-state index contributed by atoms with van der Waals surface area (Å²) in [7, 11) is 0. The van der Waals surface area contributed by atoms with Crippen LogP contribution < -0.4 is 5.56 Å². The van der Waals surface area contributed by atoms with E-state index in [-0.39, 0.29) is 5.56 Å². The summed E-state index contributed by atoms with van der Waals surface area (Å²) in [5.41, 5.74) is 1.56. The molecule has 2 rings (SSSR count). The lowest BCUT2D eigenvalue weighted by Gasteiger charge is -2.09. The fraction of sp³-hybridized carbons (Fsp3) is 0.0833. The van der Waals surface area contributed by atoms with Crippen LogP contribution in [-0.4, -0.2) is 4.98 Å². The van der Waals surface area contributed by atoms with Crippen molar-refractivity contribution >= 4 is 34.8 Å². The summed E-state index contributed by atoms with van der Waals surface area (Å²) in [6.07, 6.45) is 1.58. The SMILES string of the molecule is Cc1cc[nH]c(=O)c1-c1c(Cl)cc(Cl)cc1Cl. The van der Waals surface area contributed by atoms with Crippen LogP contribution in [0, 0.1) is 6.92 Å². The molecule has 0 atom stereocenters. The smallest absolute Gasteiger partial charge is 0.256 e. The third kappa shape index (κ3) is 2.34. The molecule has 5 heteroatoms. The molecular weight excluding hydrogens is 280 g/mol. The van der Waals surface area contributed by atoms with Gasteiger partial charge in [-0.25, -0.2) is 0 Å². The molecule has 0 fully saturated rings. The number of H-pyrrole nitrogens is 1. The Hall–Kier alpha value is -0.960. The summed E-state index contributed by atoms with van der Waals surface area (Å²) >= 11 is 18.0. The predicted octanol–water partition coefficient (Wildman–Crippen LogP) is 4.31. The first kappa shape index (κ1) is 12.5. The van der Waals surface area contributed by atoms with Crippen LogP contribution in [0.15, 0.2) is 29.2 Å². The fourth-order valence-corrected chi connectivity index (χ4v) is 2.67. The molecule has 0 unspecified atom stereocenters. The Kier molecular flexibility index (Phi) is 3.48. The highest BCUT2D eigenvalue weighted by Gasteiger charge is 2.15. The average molecular weight is 289 g/mol. The largest absolute Gasteiger partial charge is 0.329 e. The van der Waals surface area contributed by atoms with Crippen LogP contribution in [0.1, 0.15) is 5.56 Å². The van der Waals surface area contributed by atoms with Crippen LogP contribution in [0.5, 0.6) is 0 Å². The molecule has 1 heterocycles. The van der Waals surface area contributed by atoms with E-state index in [2.05, 4.69) is 4.98 Å². The van der Waals surface area contributed by atoms with Gasteiger partial charge in [-0.3, -0.25) is 4.79 Å². The van der Waals surface area contributed by atoms with E-state index in [4.69, 9.17) is 34.8 Å². The maximum absolute atomic E-state index is 11.8. The number of halogens is 3. The highest BCUT2D eigenvalue weighted by atomic mass is 35.5. The number of benzene rings is 1. The molecule has 0 aliphatic carbocycles. The molecule has 0 aliphatic heterocycles. The van der Waals surface area contributed by atoms with Crippen LogP contribution in [0.4, 0.5) is 0 Å². The van der Waals surface area contributed by atoms with Crippen molar-refractivity contribution in [2.45, 2.75) is 6.92 Å². The van der Waals surface area contributed by atoms with Crippen molar-refractivity contribution in [2.24, 2.45) is 0 Å².